The summed E-state index contributed by atoms with van der Waals surface area (Å²) in [6.45, 7) is 0.0373. The third-order valence-electron chi connectivity index (χ3n) is 4.66. The number of hydrogen-bond donors (Lipinski definition) is 3. The molecule has 1 fully saturated rings. The van der Waals surface area contributed by atoms with Crippen LogP contribution >= 0.6 is 0 Å². The number of nitrogens with zero attached hydrogens (tertiary/aromatic N) is 2. The molecule has 0 radical (unpaired) electrons. The van der Waals surface area contributed by atoms with Crippen molar-refractivity contribution in [3.63, 3.8) is 0 Å². The van der Waals surface area contributed by atoms with E-state index < -0.39 is 29.5 Å². The van der Waals surface area contributed by atoms with E-state index in [1.54, 1.807) is 12.1 Å². The number of aromatic nitrogens is 2. The lowest BCUT2D eigenvalue weighted by atomic mass is 9.93. The molecule has 8 nitrogen and oxygen atoms in total. The van der Waals surface area contributed by atoms with Crippen LogP contribution in [-0.4, -0.2) is 40.9 Å². The van der Waals surface area contributed by atoms with Crippen LogP contribution in [0.1, 0.15) is 11.5 Å². The molecule has 29 heavy (non-hydrogen) atoms. The van der Waals surface area contributed by atoms with Crippen molar-refractivity contribution in [1.82, 2.24) is 15.5 Å². The lowest BCUT2D eigenvalue weighted by Crippen LogP contribution is -2.33. The van der Waals surface area contributed by atoms with Crippen molar-refractivity contribution in [1.29, 1.82) is 0 Å². The van der Waals surface area contributed by atoms with E-state index in [0.717, 1.165) is 12.1 Å². The molecule has 1 saturated heterocycles. The Labute approximate surface area is 163 Å². The minimum Gasteiger partial charge on any atom is -0.508 e. The van der Waals surface area contributed by atoms with Crippen molar-refractivity contribution in [2.24, 2.45) is 0 Å². The summed E-state index contributed by atoms with van der Waals surface area (Å²) in [5.41, 5.74) is 0.322. The van der Waals surface area contributed by atoms with Crippen LogP contribution < -0.4 is 15.4 Å². The van der Waals surface area contributed by atoms with Gasteiger partial charge in [0.15, 0.2) is 0 Å². The largest absolute Gasteiger partial charge is 0.508 e. The third kappa shape index (κ3) is 3.56. The Kier molecular flexibility index (Phi) is 4.75. The maximum absolute atomic E-state index is 14.5. The molecule has 1 unspecified atom stereocenters. The van der Waals surface area contributed by atoms with Gasteiger partial charge >= 0.3 is 6.01 Å². The van der Waals surface area contributed by atoms with Gasteiger partial charge in [-0.2, -0.15) is 0 Å². The highest BCUT2D eigenvalue weighted by atomic mass is 19.1. The average molecular weight is 402 g/mol. The number of rotatable bonds is 5. The van der Waals surface area contributed by atoms with Gasteiger partial charge in [-0.3, -0.25) is 4.79 Å². The van der Waals surface area contributed by atoms with E-state index in [1.165, 1.54) is 19.2 Å². The molecule has 2 heterocycles. The Hall–Kier alpha value is -3.69. The number of carbonyl (C=O) groups excluding carboxylic acids is 1. The second kappa shape index (κ2) is 7.38. The molecule has 10 heteroatoms. The highest BCUT2D eigenvalue weighted by molar-refractivity contribution is 5.88. The predicted molar refractivity (Wildman–Crippen MR) is 97.5 cm³/mol. The standard InChI is InChI=1S/C19H16F2N4O4/c1-28-11-6-13(20)15(14(21)7-11)12-8-22-17(27)16(12)23-19-25-24-18(29-19)9-2-4-10(26)5-3-9/h2-7,12,16,26H,8H2,1H3,(H,22,27)(H,23,25)/t12?,16-/m1/s1. The molecule has 1 aliphatic heterocycles. The van der Waals surface area contributed by atoms with Gasteiger partial charge in [-0.05, 0) is 24.3 Å². The van der Waals surface area contributed by atoms with Crippen molar-refractivity contribution in [3.05, 3.63) is 53.6 Å². The quantitative estimate of drug-likeness (QED) is 0.601. The van der Waals surface area contributed by atoms with Crippen LogP contribution in [0.3, 0.4) is 0 Å². The highest BCUT2D eigenvalue weighted by Crippen LogP contribution is 2.33. The van der Waals surface area contributed by atoms with Crippen LogP contribution in [0, 0.1) is 11.6 Å². The van der Waals surface area contributed by atoms with Crippen LogP contribution in [0.15, 0.2) is 40.8 Å². The number of nitrogens with one attached hydrogen (secondary N) is 2. The van der Waals surface area contributed by atoms with Crippen LogP contribution in [0.5, 0.6) is 11.5 Å². The van der Waals surface area contributed by atoms with Crippen LogP contribution in [-0.2, 0) is 4.79 Å². The van der Waals surface area contributed by atoms with Gasteiger partial charge in [0.1, 0.15) is 29.2 Å². The van der Waals surface area contributed by atoms with Crippen molar-refractivity contribution in [3.8, 4) is 23.0 Å². The summed E-state index contributed by atoms with van der Waals surface area (Å²) < 4.78 is 39.3. The van der Waals surface area contributed by atoms with Gasteiger partial charge in [-0.15, -0.1) is 5.10 Å². The summed E-state index contributed by atoms with van der Waals surface area (Å²) >= 11 is 0. The highest BCUT2D eigenvalue weighted by Gasteiger charge is 2.40. The van der Waals surface area contributed by atoms with Crippen molar-refractivity contribution < 1.29 is 27.8 Å². The number of anilines is 1. The minimum absolute atomic E-state index is 0.0373. The topological polar surface area (TPSA) is 110 Å². The van der Waals surface area contributed by atoms with Crippen molar-refractivity contribution in [2.45, 2.75) is 12.0 Å². The first-order valence-corrected chi connectivity index (χ1v) is 8.66. The lowest BCUT2D eigenvalue weighted by Gasteiger charge is -2.19. The molecule has 0 aliphatic carbocycles. The molecule has 3 aromatic rings. The molecule has 3 N–H and O–H groups in total. The summed E-state index contributed by atoms with van der Waals surface area (Å²) in [6.07, 6.45) is 0. The first-order chi connectivity index (χ1) is 14.0. The normalized spacial score (nSPS) is 18.5. The number of halogens is 2. The van der Waals surface area contributed by atoms with Crippen molar-refractivity contribution in [2.75, 3.05) is 19.0 Å². The molecular weight excluding hydrogens is 386 g/mol. The number of amides is 1. The summed E-state index contributed by atoms with van der Waals surface area (Å²) in [7, 11) is 1.31. The molecule has 2 aromatic carbocycles. The monoisotopic (exact) mass is 402 g/mol. The van der Waals surface area contributed by atoms with Crippen LogP contribution in [0.25, 0.3) is 11.5 Å². The van der Waals surface area contributed by atoms with Gasteiger partial charge in [-0.1, -0.05) is 5.10 Å². The molecule has 0 bridgehead atoms. The summed E-state index contributed by atoms with van der Waals surface area (Å²) in [4.78, 5) is 12.3. The summed E-state index contributed by atoms with van der Waals surface area (Å²) in [5.74, 6) is -2.63. The zero-order chi connectivity index (χ0) is 20.5. The number of phenolic OH excluding ortho intramolecular Hbond substituents is 1. The number of phenols is 1. The maximum Gasteiger partial charge on any atom is 0.316 e. The Morgan fingerprint density at radius 3 is 2.55 bits per heavy atom. The number of benzene rings is 2. The molecule has 1 aliphatic rings. The number of carbonyl (C=O) groups is 1. The van der Waals surface area contributed by atoms with Crippen molar-refractivity contribution >= 4 is 11.9 Å². The number of aromatic hydroxyl groups is 1. The molecule has 1 amide bonds. The lowest BCUT2D eigenvalue weighted by molar-refractivity contribution is -0.119. The zero-order valence-corrected chi connectivity index (χ0v) is 15.1. The fraction of sp³-hybridized carbons (Fsp3) is 0.211. The minimum atomic E-state index is -1.01. The van der Waals surface area contributed by atoms with Crippen LogP contribution in [0.2, 0.25) is 0 Å². The molecule has 4 rings (SSSR count). The zero-order valence-electron chi connectivity index (χ0n) is 15.1. The van der Waals surface area contributed by atoms with E-state index in [4.69, 9.17) is 9.15 Å². The van der Waals surface area contributed by atoms with Gasteiger partial charge < -0.3 is 24.9 Å². The van der Waals surface area contributed by atoms with Gasteiger partial charge in [0.05, 0.1) is 7.11 Å². The third-order valence-corrected chi connectivity index (χ3v) is 4.66. The SMILES string of the molecule is COc1cc(F)c(C2CNC(=O)[C@@H]2Nc2nnc(-c3ccc(O)cc3)o2)c(F)c1. The molecular formula is C19H16F2N4O4. The Morgan fingerprint density at radius 2 is 1.90 bits per heavy atom. The molecule has 150 valence electrons. The van der Waals surface area contributed by atoms with Gasteiger partial charge in [0.2, 0.25) is 11.8 Å². The predicted octanol–water partition coefficient (Wildman–Crippen LogP) is 2.42. The second-order valence-electron chi connectivity index (χ2n) is 6.44. The molecule has 0 spiro atoms. The summed E-state index contributed by atoms with van der Waals surface area (Å²) in [6, 6.07) is 7.13. The van der Waals surface area contributed by atoms with E-state index in [0.29, 0.717) is 5.56 Å². The first-order valence-electron chi connectivity index (χ1n) is 8.66. The Morgan fingerprint density at radius 1 is 1.21 bits per heavy atom. The number of hydrogen-bond acceptors (Lipinski definition) is 7. The average Bonchev–Trinajstić information content (AvgIpc) is 3.30. The molecule has 0 saturated carbocycles. The van der Waals surface area contributed by atoms with E-state index in [-0.39, 0.29) is 35.5 Å². The smallest absolute Gasteiger partial charge is 0.316 e. The number of ether oxygens (including phenoxy) is 1. The Balaban J connectivity index is 1.59. The molecule has 2 atom stereocenters. The number of methoxy groups -OCH3 is 1. The second-order valence-corrected chi connectivity index (χ2v) is 6.44. The van der Waals surface area contributed by atoms with Gasteiger partial charge in [0, 0.05) is 35.7 Å². The first kappa shape index (κ1) is 18.7. The van der Waals surface area contributed by atoms with E-state index >= 15 is 0 Å². The van der Waals surface area contributed by atoms with Crippen LogP contribution in [0.4, 0.5) is 14.8 Å². The maximum atomic E-state index is 14.5. The molecule has 1 aromatic heterocycles. The van der Waals surface area contributed by atoms with E-state index in [9.17, 15) is 18.7 Å². The van der Waals surface area contributed by atoms with Gasteiger partial charge in [0.25, 0.3) is 0 Å². The van der Waals surface area contributed by atoms with E-state index in [2.05, 4.69) is 20.8 Å². The van der Waals surface area contributed by atoms with E-state index in [1.807, 2.05) is 0 Å². The summed E-state index contributed by atoms with van der Waals surface area (Å²) in [5, 5.41) is 22.4. The fourth-order valence-corrected chi connectivity index (χ4v) is 3.22. The Bertz CT molecular complexity index is 1030. The fourth-order valence-electron chi connectivity index (χ4n) is 3.22. The van der Waals surface area contributed by atoms with Gasteiger partial charge in [-0.25, -0.2) is 8.78 Å².